The highest BCUT2D eigenvalue weighted by Gasteiger charge is 2.15. The molecule has 0 aliphatic rings. The van der Waals surface area contributed by atoms with Crippen molar-refractivity contribution in [3.05, 3.63) is 51.7 Å². The first kappa shape index (κ1) is 16.2. The van der Waals surface area contributed by atoms with Crippen LogP contribution in [0.15, 0.2) is 40.6 Å². The van der Waals surface area contributed by atoms with Gasteiger partial charge in [0.2, 0.25) is 10.0 Å². The molecule has 0 saturated heterocycles. The second-order valence-corrected chi connectivity index (χ2v) is 7.57. The number of hydrogen-bond acceptors (Lipinski definition) is 4. The quantitative estimate of drug-likeness (QED) is 0.823. The third-order valence-electron chi connectivity index (χ3n) is 3.21. The molecule has 0 spiro atoms. The van der Waals surface area contributed by atoms with Crippen LogP contribution < -0.4 is 10.0 Å². The zero-order chi connectivity index (χ0) is 15.3. The van der Waals surface area contributed by atoms with Gasteiger partial charge < -0.3 is 5.32 Å². The predicted molar refractivity (Wildman–Crippen MR) is 86.9 cm³/mol. The number of benzene rings is 1. The van der Waals surface area contributed by atoms with Crippen molar-refractivity contribution in [2.24, 2.45) is 0 Å². The highest BCUT2D eigenvalue weighted by Crippen LogP contribution is 2.16. The van der Waals surface area contributed by atoms with Gasteiger partial charge >= 0.3 is 0 Å². The molecule has 1 heterocycles. The number of thiophene rings is 1. The Bertz CT molecular complexity index is 680. The Morgan fingerprint density at radius 3 is 2.67 bits per heavy atom. The SMILES string of the molecule is CCNCc1cc(S(=O)(=O)NCc2cccs2)ccc1C. The van der Waals surface area contributed by atoms with Crippen LogP contribution in [0.5, 0.6) is 0 Å². The van der Waals surface area contributed by atoms with E-state index in [1.54, 1.807) is 12.1 Å². The van der Waals surface area contributed by atoms with Crippen molar-refractivity contribution in [2.45, 2.75) is 31.8 Å². The molecule has 0 aliphatic heterocycles. The highest BCUT2D eigenvalue weighted by molar-refractivity contribution is 7.89. The van der Waals surface area contributed by atoms with Gasteiger partial charge in [-0.25, -0.2) is 13.1 Å². The summed E-state index contributed by atoms with van der Waals surface area (Å²) in [7, 11) is -3.47. The second kappa shape index (κ2) is 7.17. The molecular weight excluding hydrogens is 304 g/mol. The molecule has 0 fully saturated rings. The Labute approximate surface area is 130 Å². The van der Waals surface area contributed by atoms with Gasteiger partial charge in [-0.1, -0.05) is 19.1 Å². The molecule has 4 nitrogen and oxygen atoms in total. The molecule has 0 radical (unpaired) electrons. The fourth-order valence-corrected chi connectivity index (χ4v) is 3.72. The van der Waals surface area contributed by atoms with Crippen LogP contribution >= 0.6 is 11.3 Å². The number of sulfonamides is 1. The number of nitrogens with one attached hydrogen (secondary N) is 2. The van der Waals surface area contributed by atoms with Crippen molar-refractivity contribution in [1.29, 1.82) is 0 Å². The summed E-state index contributed by atoms with van der Waals surface area (Å²) in [5, 5.41) is 5.16. The summed E-state index contributed by atoms with van der Waals surface area (Å²) in [5.41, 5.74) is 2.10. The molecular formula is C15H20N2O2S2. The summed E-state index contributed by atoms with van der Waals surface area (Å²) in [5.74, 6) is 0. The van der Waals surface area contributed by atoms with Crippen LogP contribution in [0.4, 0.5) is 0 Å². The Morgan fingerprint density at radius 1 is 1.19 bits per heavy atom. The van der Waals surface area contributed by atoms with Crippen LogP contribution in [0.1, 0.15) is 22.9 Å². The Hall–Kier alpha value is -1.21. The minimum atomic E-state index is -3.47. The molecule has 0 atom stereocenters. The summed E-state index contributed by atoms with van der Waals surface area (Å²) in [4.78, 5) is 1.32. The van der Waals surface area contributed by atoms with E-state index in [1.165, 1.54) is 11.3 Å². The largest absolute Gasteiger partial charge is 0.313 e. The fraction of sp³-hybridized carbons (Fsp3) is 0.333. The molecule has 2 N–H and O–H groups in total. The monoisotopic (exact) mass is 324 g/mol. The lowest BCUT2D eigenvalue weighted by molar-refractivity contribution is 0.581. The van der Waals surface area contributed by atoms with Gasteiger partial charge in [-0.3, -0.25) is 0 Å². The fourth-order valence-electron chi connectivity index (χ4n) is 1.93. The maximum atomic E-state index is 12.3. The molecule has 0 unspecified atom stereocenters. The van der Waals surface area contributed by atoms with Crippen molar-refractivity contribution in [3.8, 4) is 0 Å². The maximum absolute atomic E-state index is 12.3. The van der Waals surface area contributed by atoms with Crippen LogP contribution in [0.25, 0.3) is 0 Å². The average molecular weight is 324 g/mol. The van der Waals surface area contributed by atoms with Crippen molar-refractivity contribution in [2.75, 3.05) is 6.54 Å². The standard InChI is InChI=1S/C15H20N2O2S2/c1-3-16-10-13-9-15(7-6-12(13)2)21(18,19)17-11-14-5-4-8-20-14/h4-9,16-17H,3,10-11H2,1-2H3. The minimum Gasteiger partial charge on any atom is -0.313 e. The normalized spacial score (nSPS) is 11.7. The van der Waals surface area contributed by atoms with E-state index in [2.05, 4.69) is 10.0 Å². The molecule has 1 aromatic heterocycles. The lowest BCUT2D eigenvalue weighted by atomic mass is 10.1. The van der Waals surface area contributed by atoms with Crippen LogP contribution in [0.2, 0.25) is 0 Å². The first-order valence-electron chi connectivity index (χ1n) is 6.85. The third-order valence-corrected chi connectivity index (χ3v) is 5.49. The molecule has 21 heavy (non-hydrogen) atoms. The minimum absolute atomic E-state index is 0.317. The van der Waals surface area contributed by atoms with Crippen molar-refractivity contribution < 1.29 is 8.42 Å². The molecule has 0 bridgehead atoms. The third kappa shape index (κ3) is 4.38. The van der Waals surface area contributed by atoms with E-state index in [9.17, 15) is 8.42 Å². The van der Waals surface area contributed by atoms with Crippen LogP contribution in [-0.2, 0) is 23.1 Å². The van der Waals surface area contributed by atoms with Crippen molar-refractivity contribution in [1.82, 2.24) is 10.0 Å². The van der Waals surface area contributed by atoms with Crippen molar-refractivity contribution in [3.63, 3.8) is 0 Å². The van der Waals surface area contributed by atoms with Gasteiger partial charge in [-0.2, -0.15) is 0 Å². The van der Waals surface area contributed by atoms with Gasteiger partial charge in [0, 0.05) is 18.0 Å². The highest BCUT2D eigenvalue weighted by atomic mass is 32.2. The first-order valence-corrected chi connectivity index (χ1v) is 9.21. The van der Waals surface area contributed by atoms with Gasteiger partial charge in [0.15, 0.2) is 0 Å². The van der Waals surface area contributed by atoms with Gasteiger partial charge in [0.1, 0.15) is 0 Å². The summed E-state index contributed by atoms with van der Waals surface area (Å²) in [6, 6.07) is 9.08. The zero-order valence-corrected chi connectivity index (χ0v) is 13.9. The maximum Gasteiger partial charge on any atom is 0.240 e. The van der Waals surface area contributed by atoms with E-state index in [4.69, 9.17) is 0 Å². The number of rotatable bonds is 7. The van der Waals surface area contributed by atoms with E-state index in [1.807, 2.05) is 37.4 Å². The molecule has 2 rings (SSSR count). The smallest absolute Gasteiger partial charge is 0.240 e. The van der Waals surface area contributed by atoms with E-state index >= 15 is 0 Å². The van der Waals surface area contributed by atoms with Gasteiger partial charge in [0.25, 0.3) is 0 Å². The zero-order valence-electron chi connectivity index (χ0n) is 12.2. The number of hydrogen-bond donors (Lipinski definition) is 2. The first-order chi connectivity index (χ1) is 10.0. The Morgan fingerprint density at radius 2 is 2.00 bits per heavy atom. The lowest BCUT2D eigenvalue weighted by Crippen LogP contribution is -2.23. The molecule has 6 heteroatoms. The molecule has 0 amide bonds. The van der Waals surface area contributed by atoms with E-state index in [-0.39, 0.29) is 0 Å². The summed E-state index contributed by atoms with van der Waals surface area (Å²) in [6.45, 7) is 5.88. The van der Waals surface area contributed by atoms with E-state index in [0.29, 0.717) is 18.0 Å². The molecule has 0 saturated carbocycles. The number of aryl methyl sites for hydroxylation is 1. The van der Waals surface area contributed by atoms with Crippen LogP contribution in [0.3, 0.4) is 0 Å². The van der Waals surface area contributed by atoms with Crippen molar-refractivity contribution >= 4 is 21.4 Å². The summed E-state index contributed by atoms with van der Waals surface area (Å²) < 4.78 is 27.3. The summed E-state index contributed by atoms with van der Waals surface area (Å²) >= 11 is 1.54. The lowest BCUT2D eigenvalue weighted by Gasteiger charge is -2.10. The van der Waals surface area contributed by atoms with E-state index in [0.717, 1.165) is 22.5 Å². The Balaban J connectivity index is 2.15. The average Bonchev–Trinajstić information content (AvgIpc) is 2.97. The van der Waals surface area contributed by atoms with Gasteiger partial charge in [0.05, 0.1) is 4.90 Å². The molecule has 2 aromatic rings. The van der Waals surface area contributed by atoms with E-state index < -0.39 is 10.0 Å². The second-order valence-electron chi connectivity index (χ2n) is 4.77. The van der Waals surface area contributed by atoms with Gasteiger partial charge in [-0.15, -0.1) is 11.3 Å². The topological polar surface area (TPSA) is 58.2 Å². The van der Waals surface area contributed by atoms with Crippen LogP contribution in [-0.4, -0.2) is 15.0 Å². The molecule has 1 aromatic carbocycles. The van der Waals surface area contributed by atoms with Gasteiger partial charge in [-0.05, 0) is 48.2 Å². The molecule has 114 valence electrons. The van der Waals surface area contributed by atoms with Crippen LogP contribution in [0, 0.1) is 6.92 Å². The molecule has 0 aliphatic carbocycles. The predicted octanol–water partition coefficient (Wildman–Crippen LogP) is 2.64. The summed E-state index contributed by atoms with van der Waals surface area (Å²) in [6.07, 6.45) is 0. The Kier molecular flexibility index (Phi) is 5.52.